The fourth-order valence-corrected chi connectivity index (χ4v) is 2.43. The van der Waals surface area contributed by atoms with E-state index in [9.17, 15) is 0 Å². The molecule has 0 bridgehead atoms. The molecule has 4 nitrogen and oxygen atoms in total. The number of hydrogen-bond donors (Lipinski definition) is 1. The van der Waals surface area contributed by atoms with Gasteiger partial charge in [0.25, 0.3) is 0 Å². The van der Waals surface area contributed by atoms with Gasteiger partial charge in [-0.2, -0.15) is 0 Å². The molecule has 0 spiro atoms. The molecule has 0 unspecified atom stereocenters. The first-order chi connectivity index (χ1) is 10.2. The van der Waals surface area contributed by atoms with E-state index in [-0.39, 0.29) is 0 Å². The number of methoxy groups -OCH3 is 1. The molecule has 0 aliphatic carbocycles. The predicted molar refractivity (Wildman–Crippen MR) is 85.5 cm³/mol. The third kappa shape index (κ3) is 3.06. The minimum Gasteiger partial charge on any atom is -0.495 e. The summed E-state index contributed by atoms with van der Waals surface area (Å²) in [6.45, 7) is 0.601. The van der Waals surface area contributed by atoms with Gasteiger partial charge in [-0.1, -0.05) is 23.2 Å². The molecular weight excluding hydrogens is 309 g/mol. The SMILES string of the molecule is COc1cc(NCc2cn3cc(Cl)ccc3n2)ccc1Cl. The van der Waals surface area contributed by atoms with Crippen molar-refractivity contribution in [2.75, 3.05) is 12.4 Å². The van der Waals surface area contributed by atoms with Crippen molar-refractivity contribution in [3.63, 3.8) is 0 Å². The van der Waals surface area contributed by atoms with Crippen molar-refractivity contribution in [1.82, 2.24) is 9.38 Å². The third-order valence-corrected chi connectivity index (χ3v) is 3.63. The number of imidazole rings is 1. The summed E-state index contributed by atoms with van der Waals surface area (Å²) < 4.78 is 7.10. The monoisotopic (exact) mass is 321 g/mol. The van der Waals surface area contributed by atoms with Gasteiger partial charge in [0.05, 0.1) is 29.4 Å². The lowest BCUT2D eigenvalue weighted by Crippen LogP contribution is -1.99. The van der Waals surface area contributed by atoms with Crippen LogP contribution in [0.1, 0.15) is 5.69 Å². The Morgan fingerprint density at radius 1 is 1.19 bits per heavy atom. The van der Waals surface area contributed by atoms with E-state index in [4.69, 9.17) is 27.9 Å². The summed E-state index contributed by atoms with van der Waals surface area (Å²) in [4.78, 5) is 4.51. The Bertz CT molecular complexity index is 786. The molecule has 2 aromatic heterocycles. The van der Waals surface area contributed by atoms with E-state index >= 15 is 0 Å². The molecule has 0 atom stereocenters. The number of nitrogens with zero attached hydrogens (tertiary/aromatic N) is 2. The second-order valence-corrected chi connectivity index (χ2v) is 5.39. The van der Waals surface area contributed by atoms with Crippen LogP contribution in [0.15, 0.2) is 42.7 Å². The molecule has 0 radical (unpaired) electrons. The highest BCUT2D eigenvalue weighted by molar-refractivity contribution is 6.32. The van der Waals surface area contributed by atoms with E-state index < -0.39 is 0 Å². The molecule has 0 aliphatic rings. The van der Waals surface area contributed by atoms with Crippen molar-refractivity contribution in [2.45, 2.75) is 6.54 Å². The van der Waals surface area contributed by atoms with Gasteiger partial charge in [-0.15, -0.1) is 0 Å². The number of ether oxygens (including phenoxy) is 1. The molecular formula is C15H13Cl2N3O. The normalized spacial score (nSPS) is 10.8. The molecule has 0 saturated heterocycles. The summed E-state index contributed by atoms with van der Waals surface area (Å²) in [5, 5.41) is 4.56. The van der Waals surface area contributed by atoms with Crippen LogP contribution in [0, 0.1) is 0 Å². The highest BCUT2D eigenvalue weighted by Crippen LogP contribution is 2.27. The van der Waals surface area contributed by atoms with Gasteiger partial charge in [-0.25, -0.2) is 4.98 Å². The highest BCUT2D eigenvalue weighted by Gasteiger charge is 2.04. The van der Waals surface area contributed by atoms with Crippen LogP contribution >= 0.6 is 23.2 Å². The zero-order valence-electron chi connectivity index (χ0n) is 11.3. The predicted octanol–water partition coefficient (Wildman–Crippen LogP) is 4.26. The van der Waals surface area contributed by atoms with Gasteiger partial charge in [0.1, 0.15) is 11.4 Å². The number of nitrogens with one attached hydrogen (secondary N) is 1. The Morgan fingerprint density at radius 3 is 2.86 bits per heavy atom. The molecule has 3 aromatic rings. The lowest BCUT2D eigenvalue weighted by molar-refractivity contribution is 0.415. The van der Waals surface area contributed by atoms with E-state index in [1.165, 1.54) is 0 Å². The van der Waals surface area contributed by atoms with Crippen molar-refractivity contribution in [1.29, 1.82) is 0 Å². The van der Waals surface area contributed by atoms with Crippen LogP contribution in [-0.4, -0.2) is 16.5 Å². The molecule has 1 aromatic carbocycles. The molecule has 0 fully saturated rings. The molecule has 0 aliphatic heterocycles. The number of benzene rings is 1. The summed E-state index contributed by atoms with van der Waals surface area (Å²) >= 11 is 12.0. The van der Waals surface area contributed by atoms with Gasteiger partial charge in [0.2, 0.25) is 0 Å². The summed E-state index contributed by atoms with van der Waals surface area (Å²) in [6.07, 6.45) is 3.78. The first-order valence-electron chi connectivity index (χ1n) is 6.36. The molecule has 1 N–H and O–H groups in total. The van der Waals surface area contributed by atoms with Crippen LogP contribution < -0.4 is 10.1 Å². The lowest BCUT2D eigenvalue weighted by Gasteiger charge is -2.08. The Morgan fingerprint density at radius 2 is 2.05 bits per heavy atom. The van der Waals surface area contributed by atoms with Crippen molar-refractivity contribution in [3.8, 4) is 5.75 Å². The van der Waals surface area contributed by atoms with E-state index in [0.717, 1.165) is 17.0 Å². The molecule has 3 rings (SSSR count). The summed E-state index contributed by atoms with van der Waals surface area (Å²) in [5.41, 5.74) is 2.71. The fourth-order valence-electron chi connectivity index (χ4n) is 2.06. The van der Waals surface area contributed by atoms with Gasteiger partial charge in [0.15, 0.2) is 0 Å². The van der Waals surface area contributed by atoms with Crippen LogP contribution in [0.5, 0.6) is 5.75 Å². The minimum atomic E-state index is 0.588. The van der Waals surface area contributed by atoms with Crippen LogP contribution in [0.2, 0.25) is 10.0 Å². The Labute approximate surface area is 132 Å². The number of pyridine rings is 1. The average Bonchev–Trinajstić information content (AvgIpc) is 2.88. The molecule has 6 heteroatoms. The van der Waals surface area contributed by atoms with E-state index in [1.807, 2.05) is 41.1 Å². The van der Waals surface area contributed by atoms with Gasteiger partial charge in [-0.05, 0) is 24.3 Å². The smallest absolute Gasteiger partial charge is 0.139 e. The number of hydrogen-bond acceptors (Lipinski definition) is 3. The third-order valence-electron chi connectivity index (χ3n) is 3.09. The van der Waals surface area contributed by atoms with E-state index in [0.29, 0.717) is 22.3 Å². The van der Waals surface area contributed by atoms with Crippen molar-refractivity contribution in [3.05, 3.63) is 58.5 Å². The Hall–Kier alpha value is -1.91. The standard InChI is InChI=1S/C15H13Cl2N3O/c1-21-14-6-11(3-4-13(14)17)18-7-12-9-20-8-10(16)2-5-15(20)19-12/h2-6,8-9,18H,7H2,1H3. The summed E-state index contributed by atoms with van der Waals surface area (Å²) in [7, 11) is 1.59. The number of halogens is 2. The first-order valence-corrected chi connectivity index (χ1v) is 7.12. The van der Waals surface area contributed by atoms with Crippen molar-refractivity contribution < 1.29 is 4.74 Å². The zero-order chi connectivity index (χ0) is 14.8. The first kappa shape index (κ1) is 14.0. The van der Waals surface area contributed by atoms with E-state index in [2.05, 4.69) is 10.3 Å². The number of fused-ring (bicyclic) bond motifs is 1. The van der Waals surface area contributed by atoms with Crippen molar-refractivity contribution >= 4 is 34.5 Å². The van der Waals surface area contributed by atoms with Gasteiger partial charge >= 0.3 is 0 Å². The summed E-state index contributed by atoms with van der Waals surface area (Å²) in [6, 6.07) is 9.26. The minimum absolute atomic E-state index is 0.588. The fraction of sp³-hybridized carbons (Fsp3) is 0.133. The van der Waals surface area contributed by atoms with Crippen LogP contribution in [0.3, 0.4) is 0 Å². The second kappa shape index (κ2) is 5.84. The molecule has 108 valence electrons. The molecule has 2 heterocycles. The zero-order valence-corrected chi connectivity index (χ0v) is 12.8. The maximum atomic E-state index is 6.00. The van der Waals surface area contributed by atoms with Gasteiger partial charge in [-0.3, -0.25) is 0 Å². The number of rotatable bonds is 4. The average molecular weight is 322 g/mol. The summed E-state index contributed by atoms with van der Waals surface area (Å²) in [5.74, 6) is 0.642. The molecule has 0 amide bonds. The molecule has 0 saturated carbocycles. The van der Waals surface area contributed by atoms with Crippen LogP contribution in [0.4, 0.5) is 5.69 Å². The molecule has 21 heavy (non-hydrogen) atoms. The highest BCUT2D eigenvalue weighted by atomic mass is 35.5. The Balaban J connectivity index is 1.76. The number of aromatic nitrogens is 2. The lowest BCUT2D eigenvalue weighted by atomic mass is 10.3. The van der Waals surface area contributed by atoms with Crippen LogP contribution in [-0.2, 0) is 6.54 Å². The van der Waals surface area contributed by atoms with Crippen molar-refractivity contribution in [2.24, 2.45) is 0 Å². The maximum absolute atomic E-state index is 6.00. The van der Waals surface area contributed by atoms with Gasteiger partial charge < -0.3 is 14.5 Å². The topological polar surface area (TPSA) is 38.6 Å². The van der Waals surface area contributed by atoms with Gasteiger partial charge in [0, 0.05) is 24.1 Å². The quantitative estimate of drug-likeness (QED) is 0.780. The van der Waals surface area contributed by atoms with Crippen LogP contribution in [0.25, 0.3) is 5.65 Å². The van der Waals surface area contributed by atoms with E-state index in [1.54, 1.807) is 13.2 Å². The largest absolute Gasteiger partial charge is 0.495 e. The second-order valence-electron chi connectivity index (χ2n) is 4.55. The number of anilines is 1. The maximum Gasteiger partial charge on any atom is 0.139 e. The Kier molecular flexibility index (Phi) is 3.90.